The first-order valence-electron chi connectivity index (χ1n) is 5.31. The van der Waals surface area contributed by atoms with Crippen molar-refractivity contribution in [2.45, 2.75) is 6.92 Å². The van der Waals surface area contributed by atoms with E-state index < -0.39 is 5.91 Å². The van der Waals surface area contributed by atoms with E-state index in [1.165, 1.54) is 12.3 Å². The summed E-state index contributed by atoms with van der Waals surface area (Å²) < 4.78 is 0. The highest BCUT2D eigenvalue weighted by atomic mass is 16.1. The Kier molecular flexibility index (Phi) is 3.09. The van der Waals surface area contributed by atoms with E-state index in [0.29, 0.717) is 11.5 Å². The number of hydrogen-bond acceptors (Lipinski definition) is 5. The van der Waals surface area contributed by atoms with Crippen LogP contribution in [0.25, 0.3) is 0 Å². The number of nitrogens with two attached hydrogens (primary N) is 2. The average molecular weight is 243 g/mol. The lowest BCUT2D eigenvalue weighted by Gasteiger charge is -2.09. The van der Waals surface area contributed by atoms with Crippen LogP contribution in [0.3, 0.4) is 0 Å². The number of aryl methyl sites for hydroxylation is 1. The quantitative estimate of drug-likeness (QED) is 0.751. The van der Waals surface area contributed by atoms with Gasteiger partial charge in [-0.2, -0.15) is 0 Å². The maximum atomic E-state index is 11.3. The van der Waals surface area contributed by atoms with Crippen molar-refractivity contribution in [2.75, 3.05) is 11.1 Å². The first-order chi connectivity index (χ1) is 8.56. The molecule has 2 rings (SSSR count). The molecule has 2 heterocycles. The molecule has 18 heavy (non-hydrogen) atoms. The highest BCUT2D eigenvalue weighted by Gasteiger charge is 2.10. The second-order valence-electron chi connectivity index (χ2n) is 3.84. The summed E-state index contributed by atoms with van der Waals surface area (Å²) >= 11 is 0. The fraction of sp³-hybridized carbons (Fsp3) is 0.0833. The van der Waals surface area contributed by atoms with Crippen molar-refractivity contribution in [3.05, 3.63) is 41.9 Å². The van der Waals surface area contributed by atoms with Gasteiger partial charge in [-0.15, -0.1) is 0 Å². The lowest BCUT2D eigenvalue weighted by molar-refractivity contribution is 0.100. The summed E-state index contributed by atoms with van der Waals surface area (Å²) in [5.41, 5.74) is 13.1. The van der Waals surface area contributed by atoms with Crippen molar-refractivity contribution >= 4 is 23.1 Å². The van der Waals surface area contributed by atoms with Crippen molar-refractivity contribution in [3.63, 3.8) is 0 Å². The Balaban J connectivity index is 2.34. The number of anilines is 3. The maximum Gasteiger partial charge on any atom is 0.252 e. The molecule has 92 valence electrons. The molecule has 0 bridgehead atoms. The molecular weight excluding hydrogens is 230 g/mol. The maximum absolute atomic E-state index is 11.3. The van der Waals surface area contributed by atoms with Crippen LogP contribution in [-0.4, -0.2) is 15.9 Å². The van der Waals surface area contributed by atoms with Gasteiger partial charge in [0.25, 0.3) is 5.91 Å². The Labute approximate surface area is 104 Å². The average Bonchev–Trinajstić information content (AvgIpc) is 2.34. The summed E-state index contributed by atoms with van der Waals surface area (Å²) in [6.07, 6.45) is 3.11. The monoisotopic (exact) mass is 243 g/mol. The van der Waals surface area contributed by atoms with Gasteiger partial charge in [0.15, 0.2) is 0 Å². The normalized spacial score (nSPS) is 10.1. The Bertz CT molecular complexity index is 580. The Morgan fingerprint density at radius 3 is 2.67 bits per heavy atom. The zero-order chi connectivity index (χ0) is 13.1. The third kappa shape index (κ3) is 2.54. The predicted molar refractivity (Wildman–Crippen MR) is 69.4 cm³/mol. The highest BCUT2D eigenvalue weighted by molar-refractivity contribution is 5.99. The van der Waals surface area contributed by atoms with Gasteiger partial charge in [-0.05, 0) is 25.1 Å². The lowest BCUT2D eigenvalue weighted by atomic mass is 10.2. The number of carbonyl (C=O) groups excluding carboxylic acids is 1. The lowest BCUT2D eigenvalue weighted by Crippen LogP contribution is -2.14. The summed E-state index contributed by atoms with van der Waals surface area (Å²) in [7, 11) is 0. The Morgan fingerprint density at radius 2 is 2.06 bits per heavy atom. The van der Waals surface area contributed by atoms with Gasteiger partial charge in [-0.25, -0.2) is 4.98 Å². The summed E-state index contributed by atoms with van der Waals surface area (Å²) in [5.74, 6) is -0.222. The second kappa shape index (κ2) is 4.70. The van der Waals surface area contributed by atoms with Crippen molar-refractivity contribution in [1.82, 2.24) is 9.97 Å². The van der Waals surface area contributed by atoms with Crippen LogP contribution in [0.5, 0.6) is 0 Å². The molecule has 5 N–H and O–H groups in total. The van der Waals surface area contributed by atoms with E-state index in [2.05, 4.69) is 15.3 Å². The predicted octanol–water partition coefficient (Wildman–Crippen LogP) is 1.21. The van der Waals surface area contributed by atoms with E-state index >= 15 is 0 Å². The molecule has 0 saturated heterocycles. The third-order valence-electron chi connectivity index (χ3n) is 2.35. The number of nitrogen functional groups attached to an aromatic ring is 1. The van der Waals surface area contributed by atoms with Crippen LogP contribution in [0.2, 0.25) is 0 Å². The second-order valence-corrected chi connectivity index (χ2v) is 3.84. The zero-order valence-corrected chi connectivity index (χ0v) is 9.84. The molecule has 0 unspecified atom stereocenters. The van der Waals surface area contributed by atoms with Crippen molar-refractivity contribution < 1.29 is 4.79 Å². The molecule has 2 aromatic heterocycles. The van der Waals surface area contributed by atoms with Crippen LogP contribution in [-0.2, 0) is 0 Å². The van der Waals surface area contributed by atoms with Crippen LogP contribution >= 0.6 is 0 Å². The van der Waals surface area contributed by atoms with Crippen molar-refractivity contribution in [1.29, 1.82) is 0 Å². The van der Waals surface area contributed by atoms with Gasteiger partial charge in [0.05, 0.1) is 29.3 Å². The molecule has 1 amide bonds. The molecule has 2 aromatic rings. The number of primary amides is 1. The number of pyridine rings is 2. The summed E-state index contributed by atoms with van der Waals surface area (Å²) in [6.45, 7) is 1.89. The molecule has 6 nitrogen and oxygen atoms in total. The smallest absolute Gasteiger partial charge is 0.252 e. The van der Waals surface area contributed by atoms with Gasteiger partial charge < -0.3 is 16.8 Å². The van der Waals surface area contributed by atoms with Crippen molar-refractivity contribution in [3.8, 4) is 0 Å². The van der Waals surface area contributed by atoms with E-state index in [1.54, 1.807) is 6.20 Å². The molecule has 0 aromatic carbocycles. The topological polar surface area (TPSA) is 107 Å². The van der Waals surface area contributed by atoms with Gasteiger partial charge in [-0.3, -0.25) is 9.78 Å². The number of rotatable bonds is 3. The molecule has 0 spiro atoms. The number of nitrogens with zero attached hydrogens (tertiary/aromatic N) is 2. The summed E-state index contributed by atoms with van der Waals surface area (Å²) in [5, 5.41) is 2.98. The minimum absolute atomic E-state index is 0.246. The van der Waals surface area contributed by atoms with E-state index in [9.17, 15) is 4.79 Å². The molecule has 0 radical (unpaired) electrons. The van der Waals surface area contributed by atoms with E-state index in [-0.39, 0.29) is 5.56 Å². The van der Waals surface area contributed by atoms with Crippen LogP contribution in [0.4, 0.5) is 17.2 Å². The Morgan fingerprint density at radius 1 is 1.28 bits per heavy atom. The van der Waals surface area contributed by atoms with E-state index in [1.807, 2.05) is 19.1 Å². The van der Waals surface area contributed by atoms with Crippen molar-refractivity contribution in [2.24, 2.45) is 5.73 Å². The number of amides is 1. The van der Waals surface area contributed by atoms with E-state index in [0.717, 1.165) is 11.4 Å². The van der Waals surface area contributed by atoms with Crippen LogP contribution < -0.4 is 16.8 Å². The Hall–Kier alpha value is -2.63. The molecular formula is C12H13N5O. The molecule has 0 atom stereocenters. The minimum Gasteiger partial charge on any atom is -0.397 e. The van der Waals surface area contributed by atoms with Crippen LogP contribution in [0.1, 0.15) is 16.1 Å². The van der Waals surface area contributed by atoms with Gasteiger partial charge in [0.1, 0.15) is 5.82 Å². The molecule has 0 aliphatic carbocycles. The SMILES string of the molecule is Cc1ccc(Nc2ncc(N)cc2C(N)=O)cn1. The summed E-state index contributed by atoms with van der Waals surface area (Å²) in [6, 6.07) is 5.17. The largest absolute Gasteiger partial charge is 0.397 e. The molecule has 6 heteroatoms. The minimum atomic E-state index is -0.586. The number of hydrogen-bond donors (Lipinski definition) is 3. The van der Waals surface area contributed by atoms with Crippen LogP contribution in [0, 0.1) is 6.92 Å². The number of carbonyl (C=O) groups is 1. The van der Waals surface area contributed by atoms with E-state index in [4.69, 9.17) is 11.5 Å². The summed E-state index contributed by atoms with van der Waals surface area (Å²) in [4.78, 5) is 19.5. The van der Waals surface area contributed by atoms with Gasteiger partial charge in [0.2, 0.25) is 0 Å². The number of aromatic nitrogens is 2. The zero-order valence-electron chi connectivity index (χ0n) is 9.84. The van der Waals surface area contributed by atoms with Gasteiger partial charge in [0, 0.05) is 5.69 Å². The van der Waals surface area contributed by atoms with Gasteiger partial charge >= 0.3 is 0 Å². The highest BCUT2D eigenvalue weighted by Crippen LogP contribution is 2.19. The molecule has 0 saturated carbocycles. The van der Waals surface area contributed by atoms with Crippen LogP contribution in [0.15, 0.2) is 30.6 Å². The third-order valence-corrected chi connectivity index (χ3v) is 2.35. The van der Waals surface area contributed by atoms with Gasteiger partial charge in [-0.1, -0.05) is 0 Å². The molecule has 0 aliphatic rings. The molecule has 0 fully saturated rings. The fourth-order valence-electron chi connectivity index (χ4n) is 1.45. The standard InChI is InChI=1S/C12H13N5O/c1-7-2-3-9(6-15-7)17-12-10(11(14)18)4-8(13)5-16-12/h2-6H,13H2,1H3,(H2,14,18)(H,16,17). The molecule has 0 aliphatic heterocycles. The first kappa shape index (κ1) is 11.8. The number of nitrogens with one attached hydrogen (secondary N) is 1. The fourth-order valence-corrected chi connectivity index (χ4v) is 1.45. The first-order valence-corrected chi connectivity index (χ1v) is 5.31.